The second kappa shape index (κ2) is 5.11. The van der Waals surface area contributed by atoms with Crippen LogP contribution in [0, 0.1) is 6.92 Å². The molecule has 1 unspecified atom stereocenters. The number of hydrogen-bond donors (Lipinski definition) is 1. The molecule has 1 saturated carbocycles. The quantitative estimate of drug-likeness (QED) is 0.768. The van der Waals surface area contributed by atoms with Crippen molar-refractivity contribution in [3.05, 3.63) is 33.8 Å². The second-order valence-electron chi connectivity index (χ2n) is 6.23. The second-order valence-corrected chi connectivity index (χ2v) is 7.14. The number of benzene rings is 1. The molecule has 1 amide bonds. The Morgan fingerprint density at radius 1 is 1.18 bits per heavy atom. The fourth-order valence-corrected chi connectivity index (χ4v) is 3.76. The van der Waals surface area contributed by atoms with Gasteiger partial charge < -0.3 is 5.32 Å². The van der Waals surface area contributed by atoms with E-state index in [4.69, 9.17) is 0 Å². The molecule has 1 aromatic carbocycles. The van der Waals surface area contributed by atoms with E-state index in [2.05, 4.69) is 21.2 Å². The minimum absolute atomic E-state index is 0.00806. The highest BCUT2D eigenvalue weighted by molar-refractivity contribution is 9.10. The molecule has 1 spiro atoms. The Bertz CT molecular complexity index is 650. The van der Waals surface area contributed by atoms with Gasteiger partial charge in [-0.05, 0) is 43.0 Å². The largest absolute Gasteiger partial charge is 0.343 e. The molecule has 0 radical (unpaired) electrons. The summed E-state index contributed by atoms with van der Waals surface area (Å²) >= 11 is 3.34. The van der Waals surface area contributed by atoms with Crippen molar-refractivity contribution in [1.82, 2.24) is 5.32 Å². The predicted octanol–water partition coefficient (Wildman–Crippen LogP) is 3.49. The third-order valence-electron chi connectivity index (χ3n) is 4.75. The van der Waals surface area contributed by atoms with Crippen molar-refractivity contribution < 1.29 is 18.4 Å². The van der Waals surface area contributed by atoms with E-state index in [0.717, 1.165) is 10.0 Å². The van der Waals surface area contributed by atoms with Crippen molar-refractivity contribution >= 4 is 27.6 Å². The maximum absolute atomic E-state index is 13.4. The molecule has 3 rings (SSSR count). The zero-order valence-corrected chi connectivity index (χ0v) is 13.7. The van der Waals surface area contributed by atoms with Gasteiger partial charge in [0.2, 0.25) is 11.8 Å². The molecule has 118 valence electrons. The molecule has 1 atom stereocenters. The highest BCUT2D eigenvalue weighted by Crippen LogP contribution is 2.44. The van der Waals surface area contributed by atoms with Crippen molar-refractivity contribution in [1.29, 1.82) is 0 Å². The summed E-state index contributed by atoms with van der Waals surface area (Å²) in [5.41, 5.74) is 0.374. The van der Waals surface area contributed by atoms with Crippen LogP contribution in [0.2, 0.25) is 0 Å². The van der Waals surface area contributed by atoms with E-state index in [0.29, 0.717) is 5.56 Å². The Balaban J connectivity index is 1.94. The van der Waals surface area contributed by atoms with Crippen LogP contribution in [0.5, 0.6) is 0 Å². The third kappa shape index (κ3) is 2.47. The molecule has 0 aromatic heterocycles. The summed E-state index contributed by atoms with van der Waals surface area (Å²) < 4.78 is 27.5. The Labute approximate surface area is 135 Å². The number of carbonyl (C=O) groups is 2. The van der Waals surface area contributed by atoms with Crippen LogP contribution in [0.3, 0.4) is 0 Å². The van der Waals surface area contributed by atoms with Crippen LogP contribution < -0.4 is 5.32 Å². The van der Waals surface area contributed by atoms with Crippen LogP contribution in [0.15, 0.2) is 22.7 Å². The van der Waals surface area contributed by atoms with Gasteiger partial charge in [-0.15, -0.1) is 0 Å². The molecular formula is C16H16BrF2NO2. The van der Waals surface area contributed by atoms with Gasteiger partial charge in [-0.2, -0.15) is 0 Å². The molecule has 3 nitrogen and oxygen atoms in total. The normalized spacial score (nSPS) is 26.3. The number of hydrogen-bond acceptors (Lipinski definition) is 2. The lowest BCUT2D eigenvalue weighted by Crippen LogP contribution is -2.51. The average Bonchev–Trinajstić information content (AvgIpc) is 2.68. The van der Waals surface area contributed by atoms with E-state index in [1.165, 1.54) is 0 Å². The van der Waals surface area contributed by atoms with Crippen LogP contribution in [-0.2, 0) is 9.59 Å². The topological polar surface area (TPSA) is 46.2 Å². The number of halogens is 3. The molecule has 6 heteroatoms. The number of aryl methyl sites for hydroxylation is 1. The zero-order chi connectivity index (χ0) is 16.1. The molecule has 2 fully saturated rings. The van der Waals surface area contributed by atoms with Gasteiger partial charge in [-0.25, -0.2) is 8.78 Å². The van der Waals surface area contributed by atoms with Gasteiger partial charge in [0.1, 0.15) is 11.5 Å². The van der Waals surface area contributed by atoms with Gasteiger partial charge in [-0.3, -0.25) is 9.59 Å². The molecule has 1 aliphatic carbocycles. The smallest absolute Gasteiger partial charge is 0.248 e. The molecule has 1 aliphatic heterocycles. The number of ketones is 1. The van der Waals surface area contributed by atoms with Crippen LogP contribution in [0.25, 0.3) is 0 Å². The van der Waals surface area contributed by atoms with Gasteiger partial charge in [-0.1, -0.05) is 22.0 Å². The summed E-state index contributed by atoms with van der Waals surface area (Å²) in [6.45, 7) is 1.84. The molecule has 2 aliphatic rings. The summed E-state index contributed by atoms with van der Waals surface area (Å²) in [5.74, 6) is -4.28. The van der Waals surface area contributed by atoms with Gasteiger partial charge in [0.15, 0.2) is 5.78 Å². The minimum atomic E-state index is -2.74. The van der Waals surface area contributed by atoms with Gasteiger partial charge in [0.25, 0.3) is 0 Å². The summed E-state index contributed by atoms with van der Waals surface area (Å²) in [4.78, 5) is 25.2. The summed E-state index contributed by atoms with van der Waals surface area (Å²) in [7, 11) is 0. The first kappa shape index (κ1) is 15.6. The number of nitrogens with one attached hydrogen (secondary N) is 1. The van der Waals surface area contributed by atoms with Crippen molar-refractivity contribution in [3.8, 4) is 0 Å². The lowest BCUT2D eigenvalue weighted by molar-refractivity contribution is -0.128. The maximum atomic E-state index is 13.4. The van der Waals surface area contributed by atoms with Crippen molar-refractivity contribution in [2.75, 3.05) is 0 Å². The Morgan fingerprint density at radius 3 is 2.45 bits per heavy atom. The Kier molecular flexibility index (Phi) is 3.62. The van der Waals surface area contributed by atoms with Crippen molar-refractivity contribution in [3.63, 3.8) is 0 Å². The lowest BCUT2D eigenvalue weighted by Gasteiger charge is -2.35. The first-order chi connectivity index (χ1) is 10.2. The molecular weight excluding hydrogens is 356 g/mol. The number of amides is 1. The highest BCUT2D eigenvalue weighted by atomic mass is 79.9. The molecule has 1 saturated heterocycles. The van der Waals surface area contributed by atoms with Gasteiger partial charge >= 0.3 is 0 Å². The third-order valence-corrected chi connectivity index (χ3v) is 5.24. The maximum Gasteiger partial charge on any atom is 0.248 e. The van der Waals surface area contributed by atoms with E-state index < -0.39 is 17.4 Å². The first-order valence-corrected chi connectivity index (χ1v) is 8.04. The summed E-state index contributed by atoms with van der Waals surface area (Å²) in [6.07, 6.45) is -0.700. The van der Waals surface area contributed by atoms with E-state index in [9.17, 15) is 18.4 Å². The van der Waals surface area contributed by atoms with E-state index in [1.54, 1.807) is 6.07 Å². The van der Waals surface area contributed by atoms with Crippen LogP contribution in [0.4, 0.5) is 8.78 Å². The monoisotopic (exact) mass is 371 g/mol. The molecule has 22 heavy (non-hydrogen) atoms. The molecule has 1 heterocycles. The van der Waals surface area contributed by atoms with Crippen LogP contribution in [-0.4, -0.2) is 23.2 Å². The fraction of sp³-hybridized carbons (Fsp3) is 0.500. The molecule has 1 N–H and O–H groups in total. The van der Waals surface area contributed by atoms with Crippen LogP contribution >= 0.6 is 15.9 Å². The lowest BCUT2D eigenvalue weighted by atomic mass is 9.75. The Morgan fingerprint density at radius 2 is 1.82 bits per heavy atom. The highest BCUT2D eigenvalue weighted by Gasteiger charge is 2.56. The van der Waals surface area contributed by atoms with E-state index in [1.807, 2.05) is 19.1 Å². The Hall–Kier alpha value is -1.30. The number of carbonyl (C=O) groups excluding carboxylic acids is 2. The van der Waals surface area contributed by atoms with Gasteiger partial charge in [0, 0.05) is 17.3 Å². The van der Waals surface area contributed by atoms with Crippen molar-refractivity contribution in [2.24, 2.45) is 0 Å². The molecule has 1 aromatic rings. The van der Waals surface area contributed by atoms with E-state index >= 15 is 0 Å². The minimum Gasteiger partial charge on any atom is -0.343 e. The summed E-state index contributed by atoms with van der Waals surface area (Å²) in [6, 6.07) is 5.43. The van der Waals surface area contributed by atoms with E-state index in [-0.39, 0.29) is 37.4 Å². The average molecular weight is 372 g/mol. The SMILES string of the molecule is Cc1ccc(Br)cc1C1C(=O)NC2(CCC(F)(F)CC2)C1=O. The number of rotatable bonds is 1. The summed E-state index contributed by atoms with van der Waals surface area (Å²) in [5, 5.41) is 2.71. The number of alkyl halides is 2. The van der Waals surface area contributed by atoms with Gasteiger partial charge in [0.05, 0.1) is 0 Å². The predicted molar refractivity (Wildman–Crippen MR) is 80.9 cm³/mol. The van der Waals surface area contributed by atoms with Crippen molar-refractivity contribution in [2.45, 2.75) is 50.0 Å². The zero-order valence-electron chi connectivity index (χ0n) is 12.1. The van der Waals surface area contributed by atoms with Crippen LogP contribution in [0.1, 0.15) is 42.7 Å². The number of Topliss-reactive ketones (excluding diaryl/α,β-unsaturated/α-hetero) is 1. The first-order valence-electron chi connectivity index (χ1n) is 7.24. The molecule has 0 bridgehead atoms. The fourth-order valence-electron chi connectivity index (χ4n) is 3.38. The standard InChI is InChI=1S/C16H16BrF2NO2/c1-9-2-3-10(17)8-11(9)12-13(21)15(20-14(12)22)4-6-16(18,19)7-5-15/h2-3,8,12H,4-7H2,1H3,(H,20,22).